The number of thiophene rings is 1. The number of carbonyl (C=O) groups is 1. The maximum Gasteiger partial charge on any atom is 0.259 e. The standard InChI is InChI=1S/C19H21N3O2S3/c1-12-13(2)27-19-17(12)18(24)21-15(22-19)10-25-11-16(23)20-8-9-26-14-6-4-3-5-7-14/h3-7H,8-11H2,1-2H3,(H,20,23)(H,21,22,24). The van der Waals surface area contributed by atoms with Gasteiger partial charge in [0.05, 0.1) is 16.9 Å². The third kappa shape index (κ3) is 5.37. The largest absolute Gasteiger partial charge is 0.355 e. The number of nitrogens with zero attached hydrogens (tertiary/aromatic N) is 1. The first-order valence-electron chi connectivity index (χ1n) is 8.56. The van der Waals surface area contributed by atoms with Crippen LogP contribution >= 0.6 is 34.9 Å². The number of benzene rings is 1. The van der Waals surface area contributed by atoms with Crippen molar-refractivity contribution in [1.82, 2.24) is 15.3 Å². The molecule has 0 aliphatic rings. The highest BCUT2D eigenvalue weighted by atomic mass is 32.2. The molecule has 5 nitrogen and oxygen atoms in total. The molecule has 0 fully saturated rings. The number of amides is 1. The van der Waals surface area contributed by atoms with Gasteiger partial charge in [0.25, 0.3) is 5.56 Å². The number of aromatic amines is 1. The number of aryl methyl sites for hydroxylation is 2. The first-order chi connectivity index (χ1) is 13.0. The summed E-state index contributed by atoms with van der Waals surface area (Å²) < 4.78 is 0. The summed E-state index contributed by atoms with van der Waals surface area (Å²) in [6.45, 7) is 4.57. The van der Waals surface area contributed by atoms with Gasteiger partial charge < -0.3 is 10.3 Å². The van der Waals surface area contributed by atoms with Gasteiger partial charge >= 0.3 is 0 Å². The number of carbonyl (C=O) groups excluding carboxylic acids is 1. The number of thioether (sulfide) groups is 2. The minimum Gasteiger partial charge on any atom is -0.355 e. The normalized spacial score (nSPS) is 11.0. The van der Waals surface area contributed by atoms with E-state index in [1.165, 1.54) is 28.0 Å². The van der Waals surface area contributed by atoms with Gasteiger partial charge in [0, 0.05) is 22.1 Å². The first kappa shape index (κ1) is 20.0. The van der Waals surface area contributed by atoms with Crippen LogP contribution in [0.15, 0.2) is 40.0 Å². The minimum atomic E-state index is -0.0974. The summed E-state index contributed by atoms with van der Waals surface area (Å²) in [5.41, 5.74) is 0.899. The molecule has 2 N–H and O–H groups in total. The lowest BCUT2D eigenvalue weighted by molar-refractivity contribution is -0.118. The van der Waals surface area contributed by atoms with Crippen molar-refractivity contribution in [2.75, 3.05) is 18.1 Å². The van der Waals surface area contributed by atoms with Gasteiger partial charge in [0.15, 0.2) is 0 Å². The lowest BCUT2D eigenvalue weighted by Gasteiger charge is -2.05. The van der Waals surface area contributed by atoms with Crippen LogP contribution in [0.5, 0.6) is 0 Å². The second kappa shape index (κ2) is 9.43. The molecule has 3 aromatic rings. The number of hydrogen-bond donors (Lipinski definition) is 2. The lowest BCUT2D eigenvalue weighted by atomic mass is 10.2. The summed E-state index contributed by atoms with van der Waals surface area (Å²) in [4.78, 5) is 34.6. The van der Waals surface area contributed by atoms with Crippen molar-refractivity contribution >= 4 is 51.0 Å². The van der Waals surface area contributed by atoms with Crippen LogP contribution in [0.3, 0.4) is 0 Å². The molecule has 0 saturated carbocycles. The van der Waals surface area contributed by atoms with Crippen LogP contribution in [0, 0.1) is 13.8 Å². The zero-order chi connectivity index (χ0) is 19.2. The highest BCUT2D eigenvalue weighted by molar-refractivity contribution is 7.99. The van der Waals surface area contributed by atoms with Crippen molar-refractivity contribution in [2.24, 2.45) is 0 Å². The highest BCUT2D eigenvalue weighted by Gasteiger charge is 2.12. The molecule has 142 valence electrons. The van der Waals surface area contributed by atoms with E-state index in [0.29, 0.717) is 29.3 Å². The summed E-state index contributed by atoms with van der Waals surface area (Å²) in [6, 6.07) is 10.1. The van der Waals surface area contributed by atoms with Gasteiger partial charge in [-0.1, -0.05) is 18.2 Å². The van der Waals surface area contributed by atoms with Crippen LogP contribution in [-0.2, 0) is 10.5 Å². The van der Waals surface area contributed by atoms with E-state index in [0.717, 1.165) is 21.0 Å². The van der Waals surface area contributed by atoms with Gasteiger partial charge in [-0.25, -0.2) is 4.98 Å². The van der Waals surface area contributed by atoms with E-state index < -0.39 is 0 Å². The minimum absolute atomic E-state index is 0.0000934. The Morgan fingerprint density at radius 3 is 2.81 bits per heavy atom. The summed E-state index contributed by atoms with van der Waals surface area (Å²) in [7, 11) is 0. The molecule has 1 aromatic carbocycles. The van der Waals surface area contributed by atoms with Crippen LogP contribution < -0.4 is 10.9 Å². The quantitative estimate of drug-likeness (QED) is 0.430. The molecule has 2 aromatic heterocycles. The molecular formula is C19H21N3O2S3. The van der Waals surface area contributed by atoms with Crippen LogP contribution in [0.25, 0.3) is 10.2 Å². The summed E-state index contributed by atoms with van der Waals surface area (Å²) in [5, 5.41) is 3.60. The first-order valence-corrected chi connectivity index (χ1v) is 11.5. The Labute approximate surface area is 170 Å². The van der Waals surface area contributed by atoms with E-state index in [4.69, 9.17) is 0 Å². The number of fused-ring (bicyclic) bond motifs is 1. The highest BCUT2D eigenvalue weighted by Crippen LogP contribution is 2.26. The average molecular weight is 420 g/mol. The van der Waals surface area contributed by atoms with Crippen molar-refractivity contribution in [2.45, 2.75) is 24.5 Å². The third-order valence-corrected chi connectivity index (χ3v) is 7.05. The van der Waals surface area contributed by atoms with Crippen LogP contribution in [0.2, 0.25) is 0 Å². The SMILES string of the molecule is Cc1sc2nc(CSCC(=O)NCCSc3ccccc3)[nH]c(=O)c2c1C. The topological polar surface area (TPSA) is 74.8 Å². The Balaban J connectivity index is 1.42. The van der Waals surface area contributed by atoms with E-state index in [-0.39, 0.29) is 11.5 Å². The molecule has 0 aliphatic heterocycles. The average Bonchev–Trinajstić information content (AvgIpc) is 2.94. The summed E-state index contributed by atoms with van der Waals surface area (Å²) in [6.07, 6.45) is 0. The fourth-order valence-corrected chi connectivity index (χ4v) is 5.09. The number of rotatable bonds is 8. The van der Waals surface area contributed by atoms with E-state index in [9.17, 15) is 9.59 Å². The fraction of sp³-hybridized carbons (Fsp3) is 0.316. The Morgan fingerprint density at radius 1 is 1.26 bits per heavy atom. The molecule has 0 aliphatic carbocycles. The molecule has 2 heterocycles. The molecule has 8 heteroatoms. The summed E-state index contributed by atoms with van der Waals surface area (Å²) in [5.74, 6) is 2.31. The zero-order valence-corrected chi connectivity index (χ0v) is 17.7. The van der Waals surface area contributed by atoms with Crippen LogP contribution in [-0.4, -0.2) is 33.9 Å². The third-order valence-electron chi connectivity index (χ3n) is 4.00. The molecule has 27 heavy (non-hydrogen) atoms. The van der Waals surface area contributed by atoms with E-state index in [1.807, 2.05) is 32.0 Å². The molecule has 0 atom stereocenters. The second-order valence-electron chi connectivity index (χ2n) is 5.98. The monoisotopic (exact) mass is 419 g/mol. The van der Waals surface area contributed by atoms with Gasteiger partial charge in [-0.2, -0.15) is 0 Å². The van der Waals surface area contributed by atoms with Gasteiger partial charge in [0.1, 0.15) is 10.7 Å². The van der Waals surface area contributed by atoms with Gasteiger partial charge in [-0.3, -0.25) is 9.59 Å². The number of nitrogens with one attached hydrogen (secondary N) is 2. The second-order valence-corrected chi connectivity index (χ2v) is 9.34. The fourth-order valence-electron chi connectivity index (χ4n) is 2.54. The predicted octanol–water partition coefficient (Wildman–Crippen LogP) is 3.74. The Bertz CT molecular complexity index is 983. The van der Waals surface area contributed by atoms with Crippen molar-refractivity contribution in [3.05, 3.63) is 57.0 Å². The van der Waals surface area contributed by atoms with Crippen LogP contribution in [0.4, 0.5) is 0 Å². The molecule has 0 spiro atoms. The van der Waals surface area contributed by atoms with Crippen molar-refractivity contribution in [1.29, 1.82) is 0 Å². The molecule has 0 saturated heterocycles. The Morgan fingerprint density at radius 2 is 2.04 bits per heavy atom. The molecule has 0 radical (unpaired) electrons. The number of H-pyrrole nitrogens is 1. The molecular weight excluding hydrogens is 398 g/mol. The maximum atomic E-state index is 12.2. The van der Waals surface area contributed by atoms with Crippen LogP contribution in [0.1, 0.15) is 16.3 Å². The number of hydrogen-bond acceptors (Lipinski definition) is 6. The number of aromatic nitrogens is 2. The van der Waals surface area contributed by atoms with Gasteiger partial charge in [-0.05, 0) is 31.5 Å². The van der Waals surface area contributed by atoms with E-state index in [2.05, 4.69) is 27.4 Å². The van der Waals surface area contributed by atoms with Gasteiger partial charge in [-0.15, -0.1) is 34.9 Å². The predicted molar refractivity (Wildman–Crippen MR) is 116 cm³/mol. The molecule has 1 amide bonds. The smallest absolute Gasteiger partial charge is 0.259 e. The van der Waals surface area contributed by atoms with Crippen molar-refractivity contribution in [3.8, 4) is 0 Å². The molecule has 0 unspecified atom stereocenters. The molecule has 3 rings (SSSR count). The van der Waals surface area contributed by atoms with Crippen molar-refractivity contribution < 1.29 is 4.79 Å². The van der Waals surface area contributed by atoms with E-state index in [1.54, 1.807) is 11.8 Å². The molecule has 0 bridgehead atoms. The van der Waals surface area contributed by atoms with Crippen molar-refractivity contribution in [3.63, 3.8) is 0 Å². The summed E-state index contributed by atoms with van der Waals surface area (Å²) >= 11 is 4.71. The van der Waals surface area contributed by atoms with E-state index >= 15 is 0 Å². The Kier molecular flexibility index (Phi) is 6.98. The zero-order valence-electron chi connectivity index (χ0n) is 15.2. The van der Waals surface area contributed by atoms with Gasteiger partial charge in [0.2, 0.25) is 5.91 Å². The lowest BCUT2D eigenvalue weighted by Crippen LogP contribution is -2.27. The maximum absolute atomic E-state index is 12.2. The Hall–Kier alpha value is -1.77.